The molecule has 0 saturated carbocycles. The topological polar surface area (TPSA) is 25.2 Å². The van der Waals surface area contributed by atoms with Gasteiger partial charge in [0, 0.05) is 12.4 Å². The minimum atomic E-state index is 0.873. The number of allylic oxidation sites excluding steroid dienone is 2. The number of hydrogen-bond acceptors (Lipinski definition) is 2. The first kappa shape index (κ1) is 15.3. The van der Waals surface area contributed by atoms with Crippen molar-refractivity contribution in [2.75, 3.05) is 0 Å². The van der Waals surface area contributed by atoms with Gasteiger partial charge in [-0.2, -0.15) is 0 Å². The third-order valence-corrected chi connectivity index (χ3v) is 2.09. The SMILES string of the molecule is C=CC=N/C(=C\C)c1ccc(CC)cn1.CC. The van der Waals surface area contributed by atoms with E-state index in [0.29, 0.717) is 0 Å². The van der Waals surface area contributed by atoms with Crippen molar-refractivity contribution in [1.29, 1.82) is 0 Å². The Bertz CT molecular complexity index is 372. The number of aromatic nitrogens is 1. The van der Waals surface area contributed by atoms with Crippen LogP contribution >= 0.6 is 0 Å². The van der Waals surface area contributed by atoms with Crippen molar-refractivity contribution < 1.29 is 0 Å². The Hall–Kier alpha value is -1.70. The van der Waals surface area contributed by atoms with Gasteiger partial charge in [-0.25, -0.2) is 0 Å². The molecule has 0 radical (unpaired) electrons. The van der Waals surface area contributed by atoms with E-state index in [0.717, 1.165) is 17.8 Å². The lowest BCUT2D eigenvalue weighted by atomic mass is 10.2. The van der Waals surface area contributed by atoms with Crippen LogP contribution < -0.4 is 0 Å². The van der Waals surface area contributed by atoms with Gasteiger partial charge in [0.05, 0.1) is 11.4 Å². The van der Waals surface area contributed by atoms with Crippen molar-refractivity contribution in [3.63, 3.8) is 0 Å². The van der Waals surface area contributed by atoms with E-state index in [1.54, 1.807) is 12.3 Å². The van der Waals surface area contributed by atoms with Crippen molar-refractivity contribution in [1.82, 2.24) is 4.98 Å². The molecule has 92 valence electrons. The molecule has 0 aliphatic carbocycles. The molecule has 0 aliphatic rings. The van der Waals surface area contributed by atoms with Gasteiger partial charge >= 0.3 is 0 Å². The fraction of sp³-hybridized carbons (Fsp3) is 0.333. The molecule has 0 bridgehead atoms. The lowest BCUT2D eigenvalue weighted by Gasteiger charge is -2.01. The van der Waals surface area contributed by atoms with Crippen LogP contribution in [0.2, 0.25) is 0 Å². The summed E-state index contributed by atoms with van der Waals surface area (Å²) in [5, 5.41) is 0. The summed E-state index contributed by atoms with van der Waals surface area (Å²) in [7, 11) is 0. The fourth-order valence-corrected chi connectivity index (χ4v) is 1.21. The van der Waals surface area contributed by atoms with Crippen LogP contribution in [0.25, 0.3) is 5.70 Å². The minimum Gasteiger partial charge on any atom is -0.255 e. The molecule has 0 N–H and O–H groups in total. The zero-order chi connectivity index (χ0) is 13.1. The normalized spacial score (nSPS) is 10.9. The summed E-state index contributed by atoms with van der Waals surface area (Å²) in [6.07, 6.45) is 8.17. The molecule has 2 heteroatoms. The highest BCUT2D eigenvalue weighted by Crippen LogP contribution is 2.13. The second-order valence-electron chi connectivity index (χ2n) is 3.09. The predicted octanol–water partition coefficient (Wildman–Crippen LogP) is 4.29. The fourth-order valence-electron chi connectivity index (χ4n) is 1.21. The first-order chi connectivity index (χ1) is 8.31. The highest BCUT2D eigenvalue weighted by atomic mass is 14.8. The van der Waals surface area contributed by atoms with Crippen LogP contribution in [-0.4, -0.2) is 11.2 Å². The molecule has 0 saturated heterocycles. The van der Waals surface area contributed by atoms with Crippen LogP contribution in [0.3, 0.4) is 0 Å². The van der Waals surface area contributed by atoms with Gasteiger partial charge in [-0.05, 0) is 25.0 Å². The van der Waals surface area contributed by atoms with Crippen LogP contribution in [0, 0.1) is 0 Å². The molecular formula is C15H22N2. The molecule has 0 fully saturated rings. The number of pyridine rings is 1. The molecule has 2 nitrogen and oxygen atoms in total. The molecule has 1 aromatic rings. The van der Waals surface area contributed by atoms with Gasteiger partial charge in [-0.3, -0.25) is 9.98 Å². The van der Waals surface area contributed by atoms with Gasteiger partial charge in [0.15, 0.2) is 0 Å². The van der Waals surface area contributed by atoms with Gasteiger partial charge in [0.25, 0.3) is 0 Å². The number of aliphatic imine (C=N–C) groups is 1. The summed E-state index contributed by atoms with van der Waals surface area (Å²) in [6.45, 7) is 11.7. The van der Waals surface area contributed by atoms with Crippen molar-refractivity contribution >= 4 is 11.9 Å². The van der Waals surface area contributed by atoms with E-state index in [1.807, 2.05) is 39.1 Å². The lowest BCUT2D eigenvalue weighted by molar-refractivity contribution is 1.09. The van der Waals surface area contributed by atoms with E-state index >= 15 is 0 Å². The van der Waals surface area contributed by atoms with E-state index in [2.05, 4.69) is 29.5 Å². The van der Waals surface area contributed by atoms with Crippen LogP contribution in [0.4, 0.5) is 0 Å². The molecule has 0 amide bonds. The third kappa shape index (κ3) is 5.25. The summed E-state index contributed by atoms with van der Waals surface area (Å²) in [4.78, 5) is 8.60. The van der Waals surface area contributed by atoms with Gasteiger partial charge in [0.1, 0.15) is 0 Å². The predicted molar refractivity (Wildman–Crippen MR) is 77.3 cm³/mol. The van der Waals surface area contributed by atoms with Crippen LogP contribution in [0.5, 0.6) is 0 Å². The number of nitrogens with zero attached hydrogens (tertiary/aromatic N) is 2. The van der Waals surface area contributed by atoms with Crippen molar-refractivity contribution in [2.45, 2.75) is 34.1 Å². The van der Waals surface area contributed by atoms with E-state index in [9.17, 15) is 0 Å². The molecule has 0 unspecified atom stereocenters. The molecule has 0 aliphatic heterocycles. The molecular weight excluding hydrogens is 208 g/mol. The summed E-state index contributed by atoms with van der Waals surface area (Å²) < 4.78 is 0. The largest absolute Gasteiger partial charge is 0.255 e. The molecule has 0 spiro atoms. The van der Waals surface area contributed by atoms with Crippen LogP contribution in [-0.2, 0) is 6.42 Å². The van der Waals surface area contributed by atoms with E-state index < -0.39 is 0 Å². The molecule has 1 rings (SSSR count). The second kappa shape index (κ2) is 9.52. The zero-order valence-corrected chi connectivity index (χ0v) is 11.3. The van der Waals surface area contributed by atoms with Crippen molar-refractivity contribution in [2.24, 2.45) is 4.99 Å². The maximum absolute atomic E-state index is 4.36. The Kier molecular flexibility index (Phi) is 8.57. The highest BCUT2D eigenvalue weighted by molar-refractivity contribution is 5.78. The number of rotatable bonds is 4. The first-order valence-corrected chi connectivity index (χ1v) is 6.08. The average Bonchev–Trinajstić information content (AvgIpc) is 2.42. The molecule has 1 heterocycles. The summed E-state index contributed by atoms with van der Waals surface area (Å²) >= 11 is 0. The van der Waals surface area contributed by atoms with Crippen LogP contribution in [0.15, 0.2) is 42.1 Å². The molecule has 1 aromatic heterocycles. The average molecular weight is 230 g/mol. The molecule has 17 heavy (non-hydrogen) atoms. The number of hydrogen-bond donors (Lipinski definition) is 0. The lowest BCUT2D eigenvalue weighted by Crippen LogP contribution is -1.89. The number of aryl methyl sites for hydroxylation is 1. The molecule has 0 atom stereocenters. The maximum atomic E-state index is 4.36. The van der Waals surface area contributed by atoms with E-state index in [4.69, 9.17) is 0 Å². The Labute approximate surface area is 105 Å². The highest BCUT2D eigenvalue weighted by Gasteiger charge is 1.98. The second-order valence-corrected chi connectivity index (χ2v) is 3.09. The Balaban J connectivity index is 0.00000121. The van der Waals surface area contributed by atoms with Crippen molar-refractivity contribution in [3.8, 4) is 0 Å². The van der Waals surface area contributed by atoms with Crippen LogP contribution in [0.1, 0.15) is 39.0 Å². The van der Waals surface area contributed by atoms with E-state index in [1.165, 1.54) is 5.56 Å². The quantitative estimate of drug-likeness (QED) is 0.708. The Morgan fingerprint density at radius 3 is 2.53 bits per heavy atom. The summed E-state index contributed by atoms with van der Waals surface area (Å²) in [5.74, 6) is 0. The molecule has 0 aromatic carbocycles. The van der Waals surface area contributed by atoms with Gasteiger partial charge < -0.3 is 0 Å². The van der Waals surface area contributed by atoms with E-state index in [-0.39, 0.29) is 0 Å². The summed E-state index contributed by atoms with van der Waals surface area (Å²) in [6, 6.07) is 4.07. The summed E-state index contributed by atoms with van der Waals surface area (Å²) in [5.41, 5.74) is 3.01. The zero-order valence-electron chi connectivity index (χ0n) is 11.3. The van der Waals surface area contributed by atoms with Crippen molar-refractivity contribution in [3.05, 3.63) is 48.3 Å². The minimum absolute atomic E-state index is 0.873. The monoisotopic (exact) mass is 230 g/mol. The Morgan fingerprint density at radius 2 is 2.12 bits per heavy atom. The van der Waals surface area contributed by atoms with Gasteiger partial charge in [0.2, 0.25) is 0 Å². The first-order valence-electron chi connectivity index (χ1n) is 6.08. The smallest absolute Gasteiger partial charge is 0.0882 e. The standard InChI is InChI=1S/C13H16N2.C2H6/c1-4-9-14-12(6-3)13-8-7-11(5-2)10-15-13;1-2/h4,6-10H,1,5H2,2-3H3;1-2H3/b12-6-,14-9?;. The third-order valence-electron chi connectivity index (χ3n) is 2.09. The maximum Gasteiger partial charge on any atom is 0.0882 e. The van der Waals surface area contributed by atoms with Gasteiger partial charge in [-0.15, -0.1) is 0 Å². The Morgan fingerprint density at radius 1 is 1.41 bits per heavy atom. The van der Waals surface area contributed by atoms with Gasteiger partial charge in [-0.1, -0.05) is 45.6 Å².